The minimum Gasteiger partial charge on any atom is -0.384 e. The standard InChI is InChI=1S/C20H25N5O3S2/c1-20(2,27)16-10-29-19(23-16)30(22,28)25-18(26)24-17-13-7-3-5-11(13)15(9-21)12-6-4-8-14(12)17/h10,18,24,26-27H,3-8H2,1-2H3,(H2,22,25,28). The topological polar surface area (TPSA) is 145 Å². The molecule has 1 aromatic heterocycles. The van der Waals surface area contributed by atoms with Crippen molar-refractivity contribution in [3.05, 3.63) is 38.9 Å². The second kappa shape index (κ2) is 7.59. The summed E-state index contributed by atoms with van der Waals surface area (Å²) in [5.74, 6) is 0. The van der Waals surface area contributed by atoms with Crippen LogP contribution in [0.2, 0.25) is 0 Å². The summed E-state index contributed by atoms with van der Waals surface area (Å²) in [7, 11) is -3.45. The highest BCUT2D eigenvalue weighted by atomic mass is 32.2. The van der Waals surface area contributed by atoms with Crippen LogP contribution < -0.4 is 10.5 Å². The molecule has 0 fully saturated rings. The maximum atomic E-state index is 12.9. The van der Waals surface area contributed by atoms with E-state index in [9.17, 15) is 19.7 Å². The van der Waals surface area contributed by atoms with Gasteiger partial charge in [0.05, 0.1) is 17.3 Å². The number of rotatable bonds is 5. The molecule has 4 rings (SSSR count). The van der Waals surface area contributed by atoms with Gasteiger partial charge in [0.15, 0.2) is 9.92 Å². The van der Waals surface area contributed by atoms with Gasteiger partial charge in [0, 0.05) is 11.1 Å². The Morgan fingerprint density at radius 1 is 1.27 bits per heavy atom. The third-order valence-corrected chi connectivity index (χ3v) is 8.39. The third kappa shape index (κ3) is 3.72. The average molecular weight is 448 g/mol. The lowest BCUT2D eigenvalue weighted by Crippen LogP contribution is -2.24. The summed E-state index contributed by atoms with van der Waals surface area (Å²) in [4.78, 5) is 4.15. The molecule has 2 aliphatic rings. The summed E-state index contributed by atoms with van der Waals surface area (Å²) < 4.78 is 16.9. The zero-order valence-corrected chi connectivity index (χ0v) is 18.6. The van der Waals surface area contributed by atoms with E-state index in [1.54, 1.807) is 19.2 Å². The van der Waals surface area contributed by atoms with Crippen molar-refractivity contribution in [1.29, 1.82) is 5.26 Å². The molecule has 5 N–H and O–H groups in total. The first-order valence-electron chi connectivity index (χ1n) is 9.88. The number of benzene rings is 1. The number of anilines is 1. The SMILES string of the molecule is CC(C)(O)c1csc(S(N)(=O)=NC(O)Nc2c3c(c(C#N)c4c2CCC4)CCC3)n1. The molecule has 0 aliphatic heterocycles. The molecule has 160 valence electrons. The molecule has 0 saturated heterocycles. The summed E-state index contributed by atoms with van der Waals surface area (Å²) in [6.07, 6.45) is 3.78. The third-order valence-electron chi connectivity index (χ3n) is 5.64. The van der Waals surface area contributed by atoms with Crippen molar-refractivity contribution in [2.45, 2.75) is 68.7 Å². The van der Waals surface area contributed by atoms with Crippen LogP contribution in [0.15, 0.2) is 14.1 Å². The molecule has 0 bridgehead atoms. The highest BCUT2D eigenvalue weighted by Gasteiger charge is 2.30. The van der Waals surface area contributed by atoms with Crippen LogP contribution in [0.4, 0.5) is 5.69 Å². The Bertz CT molecular complexity index is 1130. The largest absolute Gasteiger partial charge is 0.384 e. The van der Waals surface area contributed by atoms with E-state index in [2.05, 4.69) is 20.7 Å². The molecule has 8 nitrogen and oxygen atoms in total. The highest BCUT2D eigenvalue weighted by molar-refractivity contribution is 7.93. The zero-order valence-electron chi connectivity index (χ0n) is 16.9. The monoisotopic (exact) mass is 447 g/mol. The number of aromatic nitrogens is 1. The van der Waals surface area contributed by atoms with Gasteiger partial charge in [0.2, 0.25) is 10.7 Å². The van der Waals surface area contributed by atoms with Gasteiger partial charge in [-0.25, -0.2) is 14.3 Å². The molecule has 1 heterocycles. The van der Waals surface area contributed by atoms with Crippen LogP contribution in [0.1, 0.15) is 60.2 Å². The number of fused-ring (bicyclic) bond motifs is 2. The van der Waals surface area contributed by atoms with E-state index in [1.807, 2.05) is 0 Å². The summed E-state index contributed by atoms with van der Waals surface area (Å²) >= 11 is 1.04. The van der Waals surface area contributed by atoms with Crippen molar-refractivity contribution in [3.63, 3.8) is 0 Å². The van der Waals surface area contributed by atoms with Crippen LogP contribution >= 0.6 is 11.3 Å². The second-order valence-corrected chi connectivity index (χ2v) is 11.1. The first-order valence-corrected chi connectivity index (χ1v) is 12.3. The molecule has 0 radical (unpaired) electrons. The van der Waals surface area contributed by atoms with Crippen LogP contribution in [-0.2, 0) is 41.2 Å². The summed E-state index contributed by atoms with van der Waals surface area (Å²) in [5.41, 5.74) is 4.94. The minimum atomic E-state index is -3.45. The van der Waals surface area contributed by atoms with E-state index in [0.717, 1.165) is 83.4 Å². The lowest BCUT2D eigenvalue weighted by Gasteiger charge is -2.20. The lowest BCUT2D eigenvalue weighted by molar-refractivity contribution is 0.0741. The van der Waals surface area contributed by atoms with Crippen molar-refractivity contribution in [1.82, 2.24) is 4.98 Å². The molecule has 0 saturated carbocycles. The predicted molar refractivity (Wildman–Crippen MR) is 115 cm³/mol. The van der Waals surface area contributed by atoms with Crippen molar-refractivity contribution < 1.29 is 14.4 Å². The van der Waals surface area contributed by atoms with Crippen LogP contribution in [0.25, 0.3) is 0 Å². The number of aliphatic hydroxyl groups excluding tert-OH is 1. The Hall–Kier alpha value is -2.03. The summed E-state index contributed by atoms with van der Waals surface area (Å²) in [6, 6.07) is 2.38. The van der Waals surface area contributed by atoms with E-state index in [1.165, 1.54) is 0 Å². The zero-order chi connectivity index (χ0) is 21.7. The number of nitrogens with zero attached hydrogens (tertiary/aromatic N) is 3. The van der Waals surface area contributed by atoms with Crippen molar-refractivity contribution in [2.24, 2.45) is 9.50 Å². The number of thiazole rings is 1. The Kier molecular flexibility index (Phi) is 5.36. The first kappa shape index (κ1) is 21.2. The van der Waals surface area contributed by atoms with Crippen molar-refractivity contribution >= 4 is 26.9 Å². The Labute approximate surface area is 180 Å². The number of hydrogen-bond acceptors (Lipinski definition) is 8. The second-order valence-electron chi connectivity index (χ2n) is 8.23. The molecule has 2 atom stereocenters. The van der Waals surface area contributed by atoms with Gasteiger partial charge in [-0.2, -0.15) is 9.62 Å². The quantitative estimate of drug-likeness (QED) is 0.518. The fourth-order valence-corrected chi connectivity index (χ4v) is 6.48. The smallest absolute Gasteiger partial charge is 0.233 e. The van der Waals surface area contributed by atoms with Gasteiger partial charge in [0.25, 0.3) is 0 Å². The van der Waals surface area contributed by atoms with E-state index in [0.29, 0.717) is 5.69 Å². The van der Waals surface area contributed by atoms with Gasteiger partial charge in [-0.05, 0) is 74.6 Å². The Balaban J connectivity index is 1.68. The molecular formula is C20H25N5O3S2. The fraction of sp³-hybridized carbons (Fsp3) is 0.500. The van der Waals surface area contributed by atoms with E-state index in [4.69, 9.17) is 5.14 Å². The molecule has 2 unspecified atom stereocenters. The Morgan fingerprint density at radius 3 is 2.33 bits per heavy atom. The van der Waals surface area contributed by atoms with E-state index >= 15 is 0 Å². The number of nitriles is 1. The van der Waals surface area contributed by atoms with Gasteiger partial charge in [0.1, 0.15) is 5.60 Å². The molecule has 10 heteroatoms. The van der Waals surface area contributed by atoms with Gasteiger partial charge in [-0.1, -0.05) is 0 Å². The fourth-order valence-electron chi connectivity index (χ4n) is 4.29. The molecular weight excluding hydrogens is 422 g/mol. The number of hydrogen-bond donors (Lipinski definition) is 4. The van der Waals surface area contributed by atoms with Crippen LogP contribution in [0, 0.1) is 11.3 Å². The molecule has 0 spiro atoms. The van der Waals surface area contributed by atoms with Gasteiger partial charge in [-0.15, -0.1) is 11.3 Å². The van der Waals surface area contributed by atoms with Gasteiger partial charge < -0.3 is 15.5 Å². The molecule has 2 aromatic rings. The first-order chi connectivity index (χ1) is 14.1. The van der Waals surface area contributed by atoms with E-state index < -0.39 is 21.9 Å². The van der Waals surface area contributed by atoms with Crippen molar-refractivity contribution in [2.75, 3.05) is 5.32 Å². The molecule has 0 amide bonds. The highest BCUT2D eigenvalue weighted by Crippen LogP contribution is 2.41. The van der Waals surface area contributed by atoms with Crippen molar-refractivity contribution in [3.8, 4) is 6.07 Å². The van der Waals surface area contributed by atoms with Crippen LogP contribution in [0.3, 0.4) is 0 Å². The number of aliphatic hydroxyl groups is 2. The number of nitrogens with two attached hydrogens (primary N) is 1. The number of nitrogens with one attached hydrogen (secondary N) is 1. The molecule has 30 heavy (non-hydrogen) atoms. The molecule has 1 aromatic carbocycles. The Morgan fingerprint density at radius 2 is 1.83 bits per heavy atom. The maximum absolute atomic E-state index is 12.9. The normalized spacial score (nSPS) is 18.3. The van der Waals surface area contributed by atoms with Gasteiger partial charge >= 0.3 is 0 Å². The summed E-state index contributed by atoms with van der Waals surface area (Å²) in [6.45, 7) is 3.15. The van der Waals surface area contributed by atoms with E-state index in [-0.39, 0.29) is 4.34 Å². The van der Waals surface area contributed by atoms with Crippen LogP contribution in [-0.4, -0.2) is 25.8 Å². The maximum Gasteiger partial charge on any atom is 0.233 e. The lowest BCUT2D eigenvalue weighted by atomic mass is 9.93. The summed E-state index contributed by atoms with van der Waals surface area (Å²) in [5, 5.41) is 40.8. The average Bonchev–Trinajstić information content (AvgIpc) is 3.40. The van der Waals surface area contributed by atoms with Crippen LogP contribution in [0.5, 0.6) is 0 Å². The molecule has 2 aliphatic carbocycles. The van der Waals surface area contributed by atoms with Gasteiger partial charge in [-0.3, -0.25) is 0 Å². The predicted octanol–water partition coefficient (Wildman–Crippen LogP) is 2.31. The minimum absolute atomic E-state index is 0.0516.